The summed E-state index contributed by atoms with van der Waals surface area (Å²) < 4.78 is 2.02. The summed E-state index contributed by atoms with van der Waals surface area (Å²) in [6.07, 6.45) is 4.25. The number of halogens is 1. The van der Waals surface area contributed by atoms with E-state index in [9.17, 15) is 0 Å². The van der Waals surface area contributed by atoms with Crippen LogP contribution in [0.5, 0.6) is 0 Å². The van der Waals surface area contributed by atoms with E-state index in [1.54, 1.807) is 0 Å². The van der Waals surface area contributed by atoms with Crippen LogP contribution in [0, 0.1) is 0 Å². The summed E-state index contributed by atoms with van der Waals surface area (Å²) in [7, 11) is 0. The van der Waals surface area contributed by atoms with Gasteiger partial charge in [0.25, 0.3) is 0 Å². The minimum atomic E-state index is 1.25. The van der Waals surface area contributed by atoms with Gasteiger partial charge in [0, 0.05) is 0 Å². The third-order valence-electron chi connectivity index (χ3n) is 1.52. The van der Waals surface area contributed by atoms with Gasteiger partial charge in [0.1, 0.15) is 0 Å². The molecule has 0 aliphatic carbocycles. The maximum Gasteiger partial charge on any atom is -0.0231 e. The maximum atomic E-state index is 2.22. The first-order chi connectivity index (χ1) is 5.83. The molecule has 0 N–H and O–H groups in total. The fraction of sp³-hybridized carbons (Fsp3) is 0.0909. The molecule has 1 aromatic carbocycles. The summed E-state index contributed by atoms with van der Waals surface area (Å²) >= 11 is 2.22. The standard InChI is InChI=1S/C11H11I/c1-10(7-8-12)9-11-5-3-2-4-6-11/h2-9H,1H3/b8-7-,10-9+. The maximum absolute atomic E-state index is 2.22. The second kappa shape index (κ2) is 5.14. The highest BCUT2D eigenvalue weighted by Crippen LogP contribution is 2.07. The number of rotatable bonds is 2. The molecule has 0 bridgehead atoms. The number of hydrogen-bond acceptors (Lipinski definition) is 0. The van der Waals surface area contributed by atoms with E-state index >= 15 is 0 Å². The second-order valence-electron chi connectivity index (χ2n) is 2.59. The van der Waals surface area contributed by atoms with Gasteiger partial charge in [0.2, 0.25) is 0 Å². The molecule has 1 aromatic rings. The monoisotopic (exact) mass is 270 g/mol. The Labute approximate surface area is 87.1 Å². The Hall–Kier alpha value is -0.570. The highest BCUT2D eigenvalue weighted by atomic mass is 127. The number of hydrogen-bond donors (Lipinski definition) is 0. The Bertz CT molecular complexity index is 283. The van der Waals surface area contributed by atoms with Gasteiger partial charge in [-0.15, -0.1) is 0 Å². The van der Waals surface area contributed by atoms with Crippen LogP contribution in [0.2, 0.25) is 0 Å². The molecule has 62 valence electrons. The third kappa shape index (κ3) is 3.22. The Balaban J connectivity index is 2.81. The van der Waals surface area contributed by atoms with Gasteiger partial charge in [-0.25, -0.2) is 0 Å². The molecule has 0 saturated heterocycles. The van der Waals surface area contributed by atoms with E-state index in [4.69, 9.17) is 0 Å². The van der Waals surface area contributed by atoms with E-state index in [0.717, 1.165) is 0 Å². The van der Waals surface area contributed by atoms with Gasteiger partial charge in [0.05, 0.1) is 0 Å². The molecular weight excluding hydrogens is 259 g/mol. The summed E-state index contributed by atoms with van der Waals surface area (Å²) in [6.45, 7) is 2.10. The van der Waals surface area contributed by atoms with Crippen molar-refractivity contribution in [1.82, 2.24) is 0 Å². The highest BCUT2D eigenvalue weighted by Gasteiger charge is 1.84. The van der Waals surface area contributed by atoms with Crippen LogP contribution >= 0.6 is 22.6 Å². The van der Waals surface area contributed by atoms with Crippen molar-refractivity contribution in [2.45, 2.75) is 6.92 Å². The summed E-state index contributed by atoms with van der Waals surface area (Å²) in [5, 5.41) is 0. The topological polar surface area (TPSA) is 0 Å². The van der Waals surface area contributed by atoms with Crippen LogP contribution in [0.25, 0.3) is 6.08 Å². The number of benzene rings is 1. The van der Waals surface area contributed by atoms with Crippen LogP contribution < -0.4 is 0 Å². The molecule has 0 amide bonds. The van der Waals surface area contributed by atoms with Crippen molar-refractivity contribution in [1.29, 1.82) is 0 Å². The van der Waals surface area contributed by atoms with Gasteiger partial charge < -0.3 is 0 Å². The lowest BCUT2D eigenvalue weighted by molar-refractivity contribution is 1.55. The van der Waals surface area contributed by atoms with Crippen molar-refractivity contribution < 1.29 is 0 Å². The Morgan fingerprint density at radius 2 is 1.92 bits per heavy atom. The first kappa shape index (κ1) is 9.52. The molecule has 0 atom stereocenters. The first-order valence-corrected chi connectivity index (χ1v) is 5.07. The van der Waals surface area contributed by atoms with E-state index in [2.05, 4.69) is 53.8 Å². The third-order valence-corrected chi connectivity index (χ3v) is 1.88. The molecule has 0 aliphatic rings. The van der Waals surface area contributed by atoms with Crippen molar-refractivity contribution in [3.05, 3.63) is 51.6 Å². The Morgan fingerprint density at radius 3 is 2.50 bits per heavy atom. The smallest absolute Gasteiger partial charge is 0.0231 e. The summed E-state index contributed by atoms with van der Waals surface area (Å²) in [5.74, 6) is 0. The summed E-state index contributed by atoms with van der Waals surface area (Å²) in [6, 6.07) is 10.3. The highest BCUT2D eigenvalue weighted by molar-refractivity contribution is 14.1. The van der Waals surface area contributed by atoms with E-state index in [0.29, 0.717) is 0 Å². The molecule has 0 aromatic heterocycles. The fourth-order valence-electron chi connectivity index (χ4n) is 0.960. The average molecular weight is 270 g/mol. The molecule has 0 heterocycles. The van der Waals surface area contributed by atoms with Crippen LogP contribution in [0.4, 0.5) is 0 Å². The summed E-state index contributed by atoms with van der Waals surface area (Å²) in [4.78, 5) is 0. The van der Waals surface area contributed by atoms with E-state index in [-0.39, 0.29) is 0 Å². The van der Waals surface area contributed by atoms with Crippen molar-refractivity contribution in [3.8, 4) is 0 Å². The lowest BCUT2D eigenvalue weighted by Gasteiger charge is -1.93. The van der Waals surface area contributed by atoms with Crippen molar-refractivity contribution in [2.75, 3.05) is 0 Å². The van der Waals surface area contributed by atoms with Gasteiger partial charge in [-0.3, -0.25) is 0 Å². The molecule has 0 saturated carbocycles. The predicted octanol–water partition coefficient (Wildman–Crippen LogP) is 4.04. The molecule has 0 unspecified atom stereocenters. The zero-order valence-electron chi connectivity index (χ0n) is 7.00. The quantitative estimate of drug-likeness (QED) is 0.562. The molecule has 0 spiro atoms. The van der Waals surface area contributed by atoms with Crippen molar-refractivity contribution >= 4 is 28.7 Å². The molecule has 1 rings (SSSR count). The Morgan fingerprint density at radius 1 is 1.25 bits per heavy atom. The largest absolute Gasteiger partial charge is 0.0622 e. The molecule has 0 nitrogen and oxygen atoms in total. The minimum absolute atomic E-state index is 1.25. The van der Waals surface area contributed by atoms with Crippen LogP contribution in [0.1, 0.15) is 12.5 Å². The molecule has 0 fully saturated rings. The fourth-order valence-corrected chi connectivity index (χ4v) is 1.53. The van der Waals surface area contributed by atoms with Crippen LogP contribution in [-0.4, -0.2) is 0 Å². The number of allylic oxidation sites excluding steroid dienone is 2. The lowest BCUT2D eigenvalue weighted by atomic mass is 10.1. The van der Waals surface area contributed by atoms with Crippen molar-refractivity contribution in [2.24, 2.45) is 0 Å². The predicted molar refractivity (Wildman–Crippen MR) is 63.3 cm³/mol. The average Bonchev–Trinajstić information content (AvgIpc) is 2.06. The van der Waals surface area contributed by atoms with Gasteiger partial charge in [-0.05, 0) is 16.6 Å². The van der Waals surface area contributed by atoms with Crippen LogP contribution in [0.15, 0.2) is 46.1 Å². The SMILES string of the molecule is CC(/C=C\I)=C\c1ccccc1. The lowest BCUT2D eigenvalue weighted by Crippen LogP contribution is -1.71. The van der Waals surface area contributed by atoms with Crippen LogP contribution in [0.3, 0.4) is 0 Å². The van der Waals surface area contributed by atoms with Gasteiger partial charge in [-0.2, -0.15) is 0 Å². The molecule has 1 heteroatoms. The normalized spacial score (nSPS) is 12.3. The van der Waals surface area contributed by atoms with Gasteiger partial charge >= 0.3 is 0 Å². The van der Waals surface area contributed by atoms with E-state index in [1.165, 1.54) is 11.1 Å². The molecule has 0 aliphatic heterocycles. The minimum Gasteiger partial charge on any atom is -0.0622 e. The Kier molecular flexibility index (Phi) is 4.08. The second-order valence-corrected chi connectivity index (χ2v) is 3.31. The molecule has 0 radical (unpaired) electrons. The molecule has 12 heavy (non-hydrogen) atoms. The zero-order valence-corrected chi connectivity index (χ0v) is 9.15. The van der Waals surface area contributed by atoms with Gasteiger partial charge in [-0.1, -0.05) is 70.6 Å². The molecular formula is C11H11I. The first-order valence-electron chi connectivity index (χ1n) is 3.83. The van der Waals surface area contributed by atoms with E-state index < -0.39 is 0 Å². The van der Waals surface area contributed by atoms with Crippen LogP contribution in [-0.2, 0) is 0 Å². The van der Waals surface area contributed by atoms with Crippen molar-refractivity contribution in [3.63, 3.8) is 0 Å². The zero-order chi connectivity index (χ0) is 8.81. The summed E-state index contributed by atoms with van der Waals surface area (Å²) in [5.41, 5.74) is 2.53. The van der Waals surface area contributed by atoms with E-state index in [1.807, 2.05) is 22.3 Å². The van der Waals surface area contributed by atoms with Gasteiger partial charge in [0.15, 0.2) is 0 Å².